The van der Waals surface area contributed by atoms with Crippen LogP contribution in [0.25, 0.3) is 0 Å². The van der Waals surface area contributed by atoms with Gasteiger partial charge in [0.25, 0.3) is 0 Å². The molecule has 0 aromatic heterocycles. The molecule has 0 atom stereocenters. The molecule has 3 nitrogen and oxygen atoms in total. The Morgan fingerprint density at radius 3 is 2.24 bits per heavy atom. The van der Waals surface area contributed by atoms with Crippen LogP contribution in [-0.2, 0) is 12.7 Å². The highest BCUT2D eigenvalue weighted by molar-refractivity contribution is 14.0. The van der Waals surface area contributed by atoms with Crippen molar-refractivity contribution >= 4 is 29.9 Å². The van der Waals surface area contributed by atoms with Gasteiger partial charge in [-0.3, -0.25) is 4.99 Å². The molecule has 0 bridgehead atoms. The molecular weight excluding hydrogens is 394 g/mol. The molecule has 2 N–H and O–H groups in total. The van der Waals surface area contributed by atoms with E-state index in [1.165, 1.54) is 12.1 Å². The van der Waals surface area contributed by atoms with Crippen molar-refractivity contribution in [3.8, 4) is 0 Å². The molecule has 0 spiro atoms. The smallest absolute Gasteiger partial charge is 0.356 e. The molecular formula is C14H21F3IN3. The Morgan fingerprint density at radius 2 is 1.76 bits per heavy atom. The summed E-state index contributed by atoms with van der Waals surface area (Å²) < 4.78 is 37.2. The predicted molar refractivity (Wildman–Crippen MR) is 90.0 cm³/mol. The summed E-state index contributed by atoms with van der Waals surface area (Å²) in [7, 11) is 1.66. The van der Waals surface area contributed by atoms with E-state index >= 15 is 0 Å². The quantitative estimate of drug-likeness (QED) is 0.332. The van der Waals surface area contributed by atoms with E-state index in [4.69, 9.17) is 0 Å². The highest BCUT2D eigenvalue weighted by Gasteiger charge is 2.29. The molecule has 1 aromatic carbocycles. The van der Waals surface area contributed by atoms with Crippen molar-refractivity contribution in [1.29, 1.82) is 0 Å². The molecule has 0 fully saturated rings. The molecule has 0 unspecified atom stereocenters. The van der Waals surface area contributed by atoms with Gasteiger partial charge in [0.2, 0.25) is 0 Å². The van der Waals surface area contributed by atoms with Gasteiger partial charge >= 0.3 is 6.18 Å². The van der Waals surface area contributed by atoms with Gasteiger partial charge in [0.1, 0.15) is 0 Å². The lowest BCUT2D eigenvalue weighted by Crippen LogP contribution is -2.37. The largest absolute Gasteiger partial charge is 0.416 e. The monoisotopic (exact) mass is 415 g/mol. The summed E-state index contributed by atoms with van der Waals surface area (Å²) in [6, 6.07) is 5.11. The lowest BCUT2D eigenvalue weighted by molar-refractivity contribution is -0.137. The molecule has 0 amide bonds. The van der Waals surface area contributed by atoms with Gasteiger partial charge in [-0.05, 0) is 24.1 Å². The van der Waals surface area contributed by atoms with Gasteiger partial charge in [0, 0.05) is 20.1 Å². The van der Waals surface area contributed by atoms with E-state index in [1.54, 1.807) is 7.05 Å². The summed E-state index contributed by atoms with van der Waals surface area (Å²) in [5.74, 6) is 0.651. The fraction of sp³-hybridized carbons (Fsp3) is 0.500. The van der Waals surface area contributed by atoms with Gasteiger partial charge < -0.3 is 10.6 Å². The molecule has 0 aliphatic heterocycles. The molecule has 7 heteroatoms. The zero-order valence-electron chi connectivity index (χ0n) is 12.1. The van der Waals surface area contributed by atoms with Crippen molar-refractivity contribution in [3.05, 3.63) is 35.4 Å². The third-order valence-electron chi connectivity index (χ3n) is 2.79. The molecule has 0 aliphatic carbocycles. The average Bonchev–Trinajstić information content (AvgIpc) is 2.42. The number of nitrogens with zero attached hydrogens (tertiary/aromatic N) is 1. The van der Waals surface area contributed by atoms with E-state index < -0.39 is 11.7 Å². The van der Waals surface area contributed by atoms with E-state index in [9.17, 15) is 13.2 Å². The molecule has 0 radical (unpaired) electrons. The van der Waals surface area contributed by atoms with Crippen LogP contribution < -0.4 is 10.6 Å². The second-order valence-electron chi connectivity index (χ2n) is 4.40. The summed E-state index contributed by atoms with van der Waals surface area (Å²) in [5.41, 5.74) is 0.142. The Morgan fingerprint density at radius 1 is 1.14 bits per heavy atom. The van der Waals surface area contributed by atoms with E-state index in [1.807, 2.05) is 0 Å². The van der Waals surface area contributed by atoms with Gasteiger partial charge in [0.05, 0.1) is 5.56 Å². The van der Waals surface area contributed by atoms with Crippen LogP contribution in [-0.4, -0.2) is 19.6 Å². The van der Waals surface area contributed by atoms with Gasteiger partial charge in [-0.2, -0.15) is 13.2 Å². The normalized spacial score (nSPS) is 11.8. The number of nitrogens with one attached hydrogen (secondary N) is 2. The summed E-state index contributed by atoms with van der Waals surface area (Å²) in [6.45, 7) is 3.35. The number of rotatable bonds is 5. The zero-order chi connectivity index (χ0) is 15.0. The number of alkyl halides is 3. The van der Waals surface area contributed by atoms with Crippen LogP contribution >= 0.6 is 24.0 Å². The van der Waals surface area contributed by atoms with E-state index in [0.29, 0.717) is 12.5 Å². The van der Waals surface area contributed by atoms with Gasteiger partial charge in [-0.25, -0.2) is 0 Å². The first kappa shape index (κ1) is 20.0. The Bertz CT molecular complexity index is 430. The summed E-state index contributed by atoms with van der Waals surface area (Å²) in [5, 5.41) is 6.20. The molecule has 21 heavy (non-hydrogen) atoms. The van der Waals surface area contributed by atoms with Crippen molar-refractivity contribution in [1.82, 2.24) is 10.6 Å². The zero-order valence-corrected chi connectivity index (χ0v) is 14.5. The van der Waals surface area contributed by atoms with Crippen LogP contribution in [0, 0.1) is 0 Å². The Kier molecular flexibility index (Phi) is 9.39. The average molecular weight is 415 g/mol. The number of hydrogen-bond donors (Lipinski definition) is 2. The van der Waals surface area contributed by atoms with Crippen molar-refractivity contribution < 1.29 is 13.2 Å². The molecule has 0 saturated heterocycles. The number of benzene rings is 1. The second-order valence-corrected chi connectivity index (χ2v) is 4.40. The standard InChI is InChI=1S/C14H20F3N3.HI/c1-3-4-9-19-13(18-2)20-10-11-5-7-12(8-6-11)14(15,16)17;/h5-8H,3-4,9-10H2,1-2H3,(H2,18,19,20);1H. The summed E-state index contributed by atoms with van der Waals surface area (Å²) in [4.78, 5) is 4.05. The molecule has 0 aliphatic rings. The number of aliphatic imine (C=N–C) groups is 1. The van der Waals surface area contributed by atoms with Crippen LogP contribution in [0.15, 0.2) is 29.3 Å². The number of hydrogen-bond acceptors (Lipinski definition) is 1. The lowest BCUT2D eigenvalue weighted by Gasteiger charge is -2.12. The van der Waals surface area contributed by atoms with Crippen LogP contribution in [0.1, 0.15) is 30.9 Å². The van der Waals surface area contributed by atoms with Crippen molar-refractivity contribution in [2.45, 2.75) is 32.5 Å². The minimum absolute atomic E-state index is 0. The van der Waals surface area contributed by atoms with Gasteiger partial charge in [0.15, 0.2) is 5.96 Å². The van der Waals surface area contributed by atoms with Gasteiger partial charge in [-0.15, -0.1) is 24.0 Å². The molecule has 1 rings (SSSR count). The maximum atomic E-state index is 12.4. The van der Waals surface area contributed by atoms with Crippen molar-refractivity contribution in [2.75, 3.05) is 13.6 Å². The fourth-order valence-electron chi connectivity index (χ4n) is 1.60. The van der Waals surface area contributed by atoms with E-state index in [0.717, 1.165) is 37.1 Å². The Labute approximate surface area is 140 Å². The molecule has 1 aromatic rings. The minimum Gasteiger partial charge on any atom is -0.356 e. The minimum atomic E-state index is -4.29. The first-order valence-corrected chi connectivity index (χ1v) is 6.58. The number of unbranched alkanes of at least 4 members (excludes halogenated alkanes) is 1. The number of halogens is 4. The third-order valence-corrected chi connectivity index (χ3v) is 2.79. The van der Waals surface area contributed by atoms with Gasteiger partial charge in [-0.1, -0.05) is 25.5 Å². The first-order valence-electron chi connectivity index (χ1n) is 6.58. The fourth-order valence-corrected chi connectivity index (χ4v) is 1.60. The predicted octanol–water partition coefficient (Wildman–Crippen LogP) is 3.79. The summed E-state index contributed by atoms with van der Waals surface area (Å²) in [6.07, 6.45) is -2.16. The molecule has 0 saturated carbocycles. The Balaban J connectivity index is 0.00000400. The maximum Gasteiger partial charge on any atom is 0.416 e. The molecule has 120 valence electrons. The van der Waals surface area contributed by atoms with E-state index in [2.05, 4.69) is 22.5 Å². The maximum absolute atomic E-state index is 12.4. The van der Waals surface area contributed by atoms with Crippen molar-refractivity contribution in [3.63, 3.8) is 0 Å². The van der Waals surface area contributed by atoms with Crippen LogP contribution in [0.2, 0.25) is 0 Å². The third kappa shape index (κ3) is 7.54. The highest BCUT2D eigenvalue weighted by Crippen LogP contribution is 2.28. The SMILES string of the molecule is CCCCNC(=NC)NCc1ccc(C(F)(F)F)cc1.I. The first-order chi connectivity index (χ1) is 9.47. The highest BCUT2D eigenvalue weighted by atomic mass is 127. The molecule has 0 heterocycles. The van der Waals surface area contributed by atoms with E-state index in [-0.39, 0.29) is 24.0 Å². The number of guanidine groups is 1. The van der Waals surface area contributed by atoms with Crippen molar-refractivity contribution in [2.24, 2.45) is 4.99 Å². The van der Waals surface area contributed by atoms with Crippen LogP contribution in [0.3, 0.4) is 0 Å². The Hall–Kier alpha value is -0.990. The summed E-state index contributed by atoms with van der Waals surface area (Å²) >= 11 is 0. The second kappa shape index (κ2) is 9.86. The van der Waals surface area contributed by atoms with Crippen LogP contribution in [0.5, 0.6) is 0 Å². The lowest BCUT2D eigenvalue weighted by atomic mass is 10.1. The topological polar surface area (TPSA) is 36.4 Å². The van der Waals surface area contributed by atoms with Crippen LogP contribution in [0.4, 0.5) is 13.2 Å².